The molecule has 17 heteroatoms. The molecule has 20 rings (SSSR count). The minimum atomic E-state index is -1.06. The summed E-state index contributed by atoms with van der Waals surface area (Å²) in [7, 11) is 0. The van der Waals surface area contributed by atoms with Gasteiger partial charge in [-0.3, -0.25) is 34.6 Å². The van der Waals surface area contributed by atoms with Crippen molar-refractivity contribution in [2.24, 2.45) is 0 Å². The molecule has 4 N–H and O–H groups in total. The third kappa shape index (κ3) is 13.6. The van der Waals surface area contributed by atoms with Gasteiger partial charge in [-0.25, -0.2) is 8.78 Å². The van der Waals surface area contributed by atoms with Crippen molar-refractivity contribution in [3.63, 3.8) is 0 Å². The predicted molar refractivity (Wildman–Crippen MR) is 424 cm³/mol. The maximum Gasteiger partial charge on any atom is 0.123 e. The molecule has 0 saturated carbocycles. The first kappa shape index (κ1) is 72.1. The van der Waals surface area contributed by atoms with Crippen LogP contribution in [0.4, 0.5) is 8.78 Å². The number of aliphatic hydroxyl groups is 4. The second-order valence-electron chi connectivity index (χ2n) is 32.4. The highest BCUT2D eigenvalue weighted by Gasteiger charge is 2.41. The molecule has 560 valence electrons. The number of benzene rings is 5. The normalized spacial score (nSPS) is 20.9. The topological polar surface area (TPSA) is 152 Å². The molecule has 0 aliphatic carbocycles. The highest BCUT2D eigenvalue weighted by atomic mass is 19.1. The number of hydrogen-bond donors (Lipinski definition) is 4. The molecule has 8 aliphatic rings. The molecule has 8 unspecified atom stereocenters. The number of nitrogens with zero attached hydrogens (tertiary/aromatic N) is 11. The van der Waals surface area contributed by atoms with Gasteiger partial charge in [0.1, 0.15) is 17.2 Å². The van der Waals surface area contributed by atoms with E-state index in [9.17, 15) is 29.2 Å². The lowest BCUT2D eigenvalue weighted by Crippen LogP contribution is -2.33. The standard InChI is InChI=1S/C24H27FN2O.C23H25FN2O.C23H27N3O.C21H24N4O/c1-16-5-10-20-19(14-16)23-21-4-3-12-26(21)13-11-22(23)27(20)15-24(2,28)17-6-8-18(25)9-7-17;1-15-4-9-19-18(13-15)23-20-3-2-11-25(20)12-10-21(23)26(19)14-22(27)16-5-7-17(24)8-6-16;1-15-12-16(2)23-18(13-15)22-19-4-3-10-25(19)11-7-20(22)26(23)14-21(27)17-5-8-24-9-6-17;1-14-4-5-18-21(23-14)20-16-3-2-11-24(16)12-8-17(20)25(18)13-19(26)15-6-9-22-10-7-15/h5-10,14,21,28H,3-4,11-13,15H2,1-2H3;4-9,13,20,22,27H,2-3,10-12,14H2,1H3;5-6,8-9,12-13,19,21,27H,3-4,7,10-11,14H2,1-2H3;4-7,9-10,16,19,26H,2-3,8,11-13H2,1H3. The van der Waals surface area contributed by atoms with Gasteiger partial charge in [-0.2, -0.15) is 0 Å². The number of pyridine rings is 3. The summed E-state index contributed by atoms with van der Waals surface area (Å²) in [4.78, 5) is 23.5. The van der Waals surface area contributed by atoms with Gasteiger partial charge in [0.15, 0.2) is 0 Å². The van der Waals surface area contributed by atoms with Crippen LogP contribution in [-0.2, 0) is 57.5 Å². The van der Waals surface area contributed by atoms with Crippen LogP contribution in [0, 0.1) is 46.3 Å². The zero-order valence-electron chi connectivity index (χ0n) is 63.5. The molecule has 8 aliphatic heterocycles. The van der Waals surface area contributed by atoms with Gasteiger partial charge < -0.3 is 38.7 Å². The zero-order chi connectivity index (χ0) is 74.2. The smallest absolute Gasteiger partial charge is 0.123 e. The lowest BCUT2D eigenvalue weighted by molar-refractivity contribution is 0.0383. The van der Waals surface area contributed by atoms with Crippen LogP contribution in [-0.4, -0.2) is 126 Å². The number of aliphatic hydroxyl groups excluding tert-OH is 3. The first-order chi connectivity index (χ1) is 52.4. The highest BCUT2D eigenvalue weighted by molar-refractivity contribution is 5.91. The number of fused-ring (bicyclic) bond motifs is 20. The SMILES string of the molecule is Cc1cc(C)c2c(c1)c1c(n2CC(O)c2ccncc2)CCN2CCCC12.Cc1ccc2c(c1)c1c(n2CC(C)(O)c2ccc(F)cc2)CCN2CCCC12.Cc1ccc2c(c1)c1c(n2CC(O)c2ccc(F)cc2)CCN2CCCC12.Cc1ccc2c(n1)c1c(n2CC(O)c2ccncc2)CCN2CCCC12. The summed E-state index contributed by atoms with van der Waals surface area (Å²) in [6.07, 6.45) is 19.4. The monoisotopic (exact) mass is 1450 g/mol. The van der Waals surface area contributed by atoms with Crippen molar-refractivity contribution in [2.75, 3.05) is 52.4 Å². The summed E-state index contributed by atoms with van der Waals surface area (Å²) >= 11 is 0. The Kier molecular flexibility index (Phi) is 20.0. The Morgan fingerprint density at radius 2 is 0.806 bits per heavy atom. The number of aromatic nitrogens is 7. The lowest BCUT2D eigenvalue weighted by Gasteiger charge is -2.32. The number of hydrogen-bond acceptors (Lipinski definition) is 11. The largest absolute Gasteiger partial charge is 0.387 e. The van der Waals surface area contributed by atoms with E-state index in [1.165, 1.54) is 202 Å². The molecule has 0 radical (unpaired) electrons. The van der Waals surface area contributed by atoms with Crippen molar-refractivity contribution >= 4 is 43.7 Å². The van der Waals surface area contributed by atoms with E-state index in [4.69, 9.17) is 4.98 Å². The number of halogens is 2. The van der Waals surface area contributed by atoms with E-state index in [-0.39, 0.29) is 11.6 Å². The molecule has 15 nitrogen and oxygen atoms in total. The molecule has 15 heterocycles. The molecular formula is C91H103F2N11O4. The number of aryl methyl sites for hydroxylation is 5. The predicted octanol–water partition coefficient (Wildman–Crippen LogP) is 16.5. The van der Waals surface area contributed by atoms with Crippen molar-refractivity contribution < 1.29 is 29.2 Å². The molecule has 7 aromatic heterocycles. The summed E-state index contributed by atoms with van der Waals surface area (Å²) < 4.78 is 36.0. The summed E-state index contributed by atoms with van der Waals surface area (Å²) in [6, 6.07) is 44.3. The second kappa shape index (κ2) is 29.9. The molecule has 4 fully saturated rings. The minimum absolute atomic E-state index is 0.272. The van der Waals surface area contributed by atoms with Crippen LogP contribution in [0.25, 0.3) is 43.7 Å². The third-order valence-electron chi connectivity index (χ3n) is 25.3. The average molecular weight is 1450 g/mol. The Morgan fingerprint density at radius 3 is 1.31 bits per heavy atom. The summed E-state index contributed by atoms with van der Waals surface area (Å²) in [5, 5.41) is 48.0. The van der Waals surface area contributed by atoms with Crippen LogP contribution in [0.15, 0.2) is 158 Å². The maximum absolute atomic E-state index is 13.4. The van der Waals surface area contributed by atoms with Gasteiger partial charge in [0, 0.05) is 162 Å². The van der Waals surface area contributed by atoms with Gasteiger partial charge in [-0.15, -0.1) is 0 Å². The molecule has 4 saturated heterocycles. The Bertz CT molecular complexity index is 5280. The van der Waals surface area contributed by atoms with Gasteiger partial charge in [0.25, 0.3) is 0 Å². The molecule has 5 aromatic carbocycles. The van der Waals surface area contributed by atoms with Crippen LogP contribution in [0.2, 0.25) is 0 Å². The second-order valence-corrected chi connectivity index (χ2v) is 32.4. The molecule has 108 heavy (non-hydrogen) atoms. The van der Waals surface area contributed by atoms with Crippen LogP contribution in [0.1, 0.15) is 196 Å². The Labute approximate surface area is 632 Å². The maximum atomic E-state index is 13.4. The van der Waals surface area contributed by atoms with Gasteiger partial charge in [-0.1, -0.05) is 59.2 Å². The van der Waals surface area contributed by atoms with Gasteiger partial charge in [-0.05, 0) is 255 Å². The molecule has 0 spiro atoms. The van der Waals surface area contributed by atoms with Crippen LogP contribution >= 0.6 is 0 Å². The quantitative estimate of drug-likeness (QED) is 0.0925. The van der Waals surface area contributed by atoms with Crippen molar-refractivity contribution in [1.82, 2.24) is 52.8 Å². The molecular weight excluding hydrogens is 1350 g/mol. The zero-order valence-corrected chi connectivity index (χ0v) is 63.5. The molecule has 0 bridgehead atoms. The van der Waals surface area contributed by atoms with E-state index in [1.807, 2.05) is 31.2 Å². The fourth-order valence-corrected chi connectivity index (χ4v) is 20.4. The molecule has 12 aromatic rings. The van der Waals surface area contributed by atoms with E-state index in [2.05, 4.69) is 143 Å². The Balaban J connectivity index is 0.000000105. The first-order valence-electron chi connectivity index (χ1n) is 39.8. The molecule has 0 amide bonds. The minimum Gasteiger partial charge on any atom is -0.387 e. The summed E-state index contributed by atoms with van der Waals surface area (Å²) in [5.74, 6) is -0.549. The van der Waals surface area contributed by atoms with E-state index in [0.717, 1.165) is 90.8 Å². The Morgan fingerprint density at radius 1 is 0.417 bits per heavy atom. The number of rotatable bonds is 12. The summed E-state index contributed by atoms with van der Waals surface area (Å²) in [5.41, 5.74) is 26.0. The van der Waals surface area contributed by atoms with Gasteiger partial charge >= 0.3 is 0 Å². The van der Waals surface area contributed by atoms with Crippen LogP contribution in [0.5, 0.6) is 0 Å². The first-order valence-corrected chi connectivity index (χ1v) is 39.8. The van der Waals surface area contributed by atoms with E-state index >= 15 is 0 Å². The van der Waals surface area contributed by atoms with Crippen LogP contribution < -0.4 is 0 Å². The lowest BCUT2D eigenvalue weighted by atomic mass is 9.94. The molecule has 8 atom stereocenters. The van der Waals surface area contributed by atoms with E-state index < -0.39 is 23.9 Å². The van der Waals surface area contributed by atoms with Crippen LogP contribution in [0.3, 0.4) is 0 Å². The van der Waals surface area contributed by atoms with Gasteiger partial charge in [0.05, 0.1) is 61.0 Å². The highest BCUT2D eigenvalue weighted by Crippen LogP contribution is 2.49. The average Bonchev–Trinajstić information content (AvgIpc) is 1.59. The fourth-order valence-electron chi connectivity index (χ4n) is 20.4. The van der Waals surface area contributed by atoms with Crippen molar-refractivity contribution in [3.8, 4) is 0 Å². The van der Waals surface area contributed by atoms with Crippen molar-refractivity contribution in [1.29, 1.82) is 0 Å². The summed E-state index contributed by atoms with van der Waals surface area (Å²) in [6.45, 7) is 24.0. The van der Waals surface area contributed by atoms with E-state index in [1.54, 1.807) is 49.1 Å². The van der Waals surface area contributed by atoms with Gasteiger partial charge in [0.2, 0.25) is 0 Å². The Hall–Kier alpha value is -8.75. The van der Waals surface area contributed by atoms with Crippen molar-refractivity contribution in [3.05, 3.63) is 265 Å². The van der Waals surface area contributed by atoms with Crippen molar-refractivity contribution in [2.45, 2.75) is 193 Å². The fraction of sp³-hybridized carbons (Fsp3) is 0.418. The van der Waals surface area contributed by atoms with E-state index in [0.29, 0.717) is 50.3 Å². The third-order valence-corrected chi connectivity index (χ3v) is 25.3.